The summed E-state index contributed by atoms with van der Waals surface area (Å²) in [6.45, 7) is 0. The second-order valence-electron chi connectivity index (χ2n) is 8.11. The number of aliphatic hydroxyl groups is 1. The van der Waals surface area contributed by atoms with Crippen LogP contribution in [0, 0.1) is 0 Å². The van der Waals surface area contributed by atoms with Gasteiger partial charge in [-0.2, -0.15) is 0 Å². The number of carbonyl (C=O) groups is 2. The van der Waals surface area contributed by atoms with Gasteiger partial charge >= 0.3 is 5.91 Å². The number of Topliss-reactive ketones (excluding diaryl/α,β-unsaturated/α-hetero) is 1. The molecule has 0 saturated carbocycles. The Morgan fingerprint density at radius 2 is 1.74 bits per heavy atom. The van der Waals surface area contributed by atoms with Crippen LogP contribution in [0.15, 0.2) is 81.1 Å². The van der Waals surface area contributed by atoms with E-state index in [1.807, 2.05) is 12.1 Å². The zero-order valence-corrected chi connectivity index (χ0v) is 24.6. The maximum Gasteiger partial charge on any atom is 0.301 e. The predicted molar refractivity (Wildman–Crippen MR) is 156 cm³/mol. The van der Waals surface area contributed by atoms with E-state index in [9.17, 15) is 14.7 Å². The third-order valence-corrected chi connectivity index (χ3v) is 9.13. The van der Waals surface area contributed by atoms with Crippen LogP contribution >= 0.6 is 73.8 Å². The lowest BCUT2D eigenvalue weighted by molar-refractivity contribution is -0.132. The van der Waals surface area contributed by atoms with E-state index >= 15 is 0 Å². The fraction of sp³-hybridized carbons (Fsp3) is 0.0769. The molecule has 1 aliphatic rings. The summed E-state index contributed by atoms with van der Waals surface area (Å²) in [5, 5.41) is 21.4. The van der Waals surface area contributed by atoms with Gasteiger partial charge in [0.05, 0.1) is 11.6 Å². The number of carbonyl (C=O) groups excluding carboxylic acids is 2. The number of ketones is 1. The summed E-state index contributed by atoms with van der Waals surface area (Å²) in [7, 11) is 0. The summed E-state index contributed by atoms with van der Waals surface area (Å²) in [6.07, 6.45) is 0. The third-order valence-electron chi connectivity index (χ3n) is 5.69. The second kappa shape index (κ2) is 11.4. The minimum absolute atomic E-state index is 0.0484. The molecule has 1 aromatic heterocycles. The van der Waals surface area contributed by atoms with Crippen molar-refractivity contribution in [3.05, 3.63) is 109 Å². The Hall–Kier alpha value is -2.40. The molecule has 0 bridgehead atoms. The first-order chi connectivity index (χ1) is 18.2. The summed E-state index contributed by atoms with van der Waals surface area (Å²) in [4.78, 5) is 27.9. The quantitative estimate of drug-likeness (QED) is 0.0735. The molecular weight excluding hydrogens is 653 g/mol. The monoisotopic (exact) mass is 665 g/mol. The Balaban J connectivity index is 1.53. The van der Waals surface area contributed by atoms with E-state index in [4.69, 9.17) is 34.8 Å². The van der Waals surface area contributed by atoms with Crippen LogP contribution in [0.2, 0.25) is 15.1 Å². The fourth-order valence-corrected chi connectivity index (χ4v) is 6.89. The van der Waals surface area contributed by atoms with Gasteiger partial charge in [0, 0.05) is 30.9 Å². The number of aliphatic hydroxyl groups excluding tert-OH is 1. The Morgan fingerprint density at radius 3 is 2.45 bits per heavy atom. The number of aromatic nitrogens is 2. The maximum atomic E-state index is 13.3. The van der Waals surface area contributed by atoms with Crippen molar-refractivity contribution in [2.45, 2.75) is 16.1 Å². The summed E-state index contributed by atoms with van der Waals surface area (Å²) < 4.78 is 1.33. The first kappa shape index (κ1) is 27.2. The molecule has 6 nitrogen and oxygen atoms in total. The molecule has 1 amide bonds. The van der Waals surface area contributed by atoms with E-state index in [1.165, 1.54) is 28.0 Å². The number of benzene rings is 3. The van der Waals surface area contributed by atoms with Gasteiger partial charge in [0.1, 0.15) is 5.76 Å². The molecule has 1 unspecified atom stereocenters. The molecule has 1 N–H and O–H groups in total. The van der Waals surface area contributed by atoms with Crippen LogP contribution in [0.1, 0.15) is 22.7 Å². The van der Waals surface area contributed by atoms with Crippen molar-refractivity contribution >= 4 is 96.4 Å². The van der Waals surface area contributed by atoms with Crippen LogP contribution in [0.4, 0.5) is 5.13 Å². The van der Waals surface area contributed by atoms with Crippen LogP contribution in [0.25, 0.3) is 5.76 Å². The van der Waals surface area contributed by atoms with E-state index < -0.39 is 17.7 Å². The maximum absolute atomic E-state index is 13.3. The van der Waals surface area contributed by atoms with Gasteiger partial charge in [-0.3, -0.25) is 14.5 Å². The van der Waals surface area contributed by atoms with Gasteiger partial charge in [0.2, 0.25) is 5.13 Å². The van der Waals surface area contributed by atoms with E-state index in [-0.39, 0.29) is 16.5 Å². The van der Waals surface area contributed by atoms with Crippen molar-refractivity contribution in [3.63, 3.8) is 0 Å². The van der Waals surface area contributed by atoms with Crippen molar-refractivity contribution in [1.29, 1.82) is 0 Å². The van der Waals surface area contributed by atoms with Crippen LogP contribution in [-0.2, 0) is 15.3 Å². The van der Waals surface area contributed by atoms with E-state index in [2.05, 4.69) is 26.1 Å². The number of rotatable bonds is 6. The van der Waals surface area contributed by atoms with Crippen molar-refractivity contribution in [3.8, 4) is 0 Å². The average Bonchev–Trinajstić information content (AvgIpc) is 3.45. The molecule has 1 atom stereocenters. The highest BCUT2D eigenvalue weighted by Gasteiger charge is 2.48. The lowest BCUT2D eigenvalue weighted by Gasteiger charge is -2.22. The highest BCUT2D eigenvalue weighted by Crippen LogP contribution is 2.44. The smallest absolute Gasteiger partial charge is 0.301 e. The molecule has 5 rings (SSSR count). The Kier molecular flexibility index (Phi) is 8.14. The average molecular weight is 668 g/mol. The predicted octanol–water partition coefficient (Wildman–Crippen LogP) is 8.18. The number of thioether (sulfide) groups is 1. The van der Waals surface area contributed by atoms with Gasteiger partial charge in [0.15, 0.2) is 4.34 Å². The standard InChI is InChI=1S/C26H15BrCl3N3O3S2/c27-16-3-1-2-14(10-16)21-20(22(34)13-4-7-17(28)8-5-13)23(35)24(36)33(21)25-31-32-26(38-25)37-12-15-6-9-18(29)11-19(15)30/h1-11,21,34H,12H2/b22-20-. The second-order valence-corrected chi connectivity index (χ2v) is 12.5. The molecule has 1 saturated heterocycles. The number of hydrogen-bond donors (Lipinski definition) is 1. The number of nitrogens with zero attached hydrogens (tertiary/aromatic N) is 3. The summed E-state index contributed by atoms with van der Waals surface area (Å²) in [5.41, 5.74) is 1.80. The number of anilines is 1. The molecule has 2 heterocycles. The molecule has 192 valence electrons. The molecule has 0 radical (unpaired) electrons. The number of hydrogen-bond acceptors (Lipinski definition) is 7. The molecular formula is C26H15BrCl3N3O3S2. The summed E-state index contributed by atoms with van der Waals surface area (Å²) >= 11 is 24.3. The van der Waals surface area contributed by atoms with Crippen LogP contribution in [-0.4, -0.2) is 27.0 Å². The molecule has 1 fully saturated rings. The Bertz CT molecular complexity index is 1590. The molecule has 38 heavy (non-hydrogen) atoms. The lowest BCUT2D eigenvalue weighted by atomic mass is 9.95. The topological polar surface area (TPSA) is 83.4 Å². The van der Waals surface area contributed by atoms with Gasteiger partial charge in [0.25, 0.3) is 5.78 Å². The molecule has 0 aliphatic carbocycles. The molecule has 1 aliphatic heterocycles. The molecule has 3 aromatic carbocycles. The minimum atomic E-state index is -0.917. The highest BCUT2D eigenvalue weighted by molar-refractivity contribution is 9.10. The SMILES string of the molecule is O=C1C(=O)N(c2nnc(SCc3ccc(Cl)cc3Cl)s2)C(c2cccc(Br)c2)/C1=C(/O)c1ccc(Cl)cc1. The van der Waals surface area contributed by atoms with E-state index in [0.29, 0.717) is 36.3 Å². The van der Waals surface area contributed by atoms with Crippen molar-refractivity contribution < 1.29 is 14.7 Å². The zero-order valence-electron chi connectivity index (χ0n) is 19.1. The Morgan fingerprint density at radius 1 is 1.00 bits per heavy atom. The summed E-state index contributed by atoms with van der Waals surface area (Å²) in [6, 6.07) is 17.9. The van der Waals surface area contributed by atoms with Gasteiger partial charge in [-0.05, 0) is 59.7 Å². The first-order valence-electron chi connectivity index (χ1n) is 11.0. The third kappa shape index (κ3) is 5.50. The van der Waals surface area contributed by atoms with Crippen molar-refractivity contribution in [2.24, 2.45) is 0 Å². The summed E-state index contributed by atoms with van der Waals surface area (Å²) in [5.74, 6) is -1.42. The molecule has 4 aromatic rings. The van der Waals surface area contributed by atoms with Crippen LogP contribution < -0.4 is 4.90 Å². The van der Waals surface area contributed by atoms with Crippen molar-refractivity contribution in [2.75, 3.05) is 4.90 Å². The highest BCUT2D eigenvalue weighted by atomic mass is 79.9. The lowest BCUT2D eigenvalue weighted by Crippen LogP contribution is -2.29. The van der Waals surface area contributed by atoms with E-state index in [0.717, 1.165) is 10.0 Å². The number of halogens is 4. The van der Waals surface area contributed by atoms with Crippen molar-refractivity contribution in [1.82, 2.24) is 10.2 Å². The number of amides is 1. The van der Waals surface area contributed by atoms with Gasteiger partial charge < -0.3 is 5.11 Å². The molecule has 12 heteroatoms. The van der Waals surface area contributed by atoms with Gasteiger partial charge in [-0.25, -0.2) is 0 Å². The van der Waals surface area contributed by atoms with Crippen LogP contribution in [0.5, 0.6) is 0 Å². The normalized spacial score (nSPS) is 16.8. The van der Waals surface area contributed by atoms with Gasteiger partial charge in [-0.15, -0.1) is 10.2 Å². The largest absolute Gasteiger partial charge is 0.507 e. The van der Waals surface area contributed by atoms with Crippen LogP contribution in [0.3, 0.4) is 0 Å². The first-order valence-corrected chi connectivity index (χ1v) is 14.7. The zero-order chi connectivity index (χ0) is 27.0. The minimum Gasteiger partial charge on any atom is -0.507 e. The van der Waals surface area contributed by atoms with Gasteiger partial charge in [-0.1, -0.05) is 92.0 Å². The van der Waals surface area contributed by atoms with E-state index in [1.54, 1.807) is 54.6 Å². The Labute approximate surface area is 249 Å². The fourth-order valence-electron chi connectivity index (χ4n) is 3.92. The molecule has 0 spiro atoms.